The van der Waals surface area contributed by atoms with Crippen LogP contribution in [0.2, 0.25) is 0 Å². The van der Waals surface area contributed by atoms with Crippen LogP contribution in [0.5, 0.6) is 0 Å². The standard InChI is InChI=1S/C13H10BrNO2S/c14-8-3-1-7(2-4-8)12-15-11(6-18-12)9-5-10(9)13(16)17/h1-4,6,9-10H,5H2,(H,16,17). The zero-order valence-corrected chi connectivity index (χ0v) is 11.7. The van der Waals surface area contributed by atoms with E-state index in [2.05, 4.69) is 20.9 Å². The van der Waals surface area contributed by atoms with E-state index in [1.807, 2.05) is 29.6 Å². The molecule has 2 aromatic rings. The van der Waals surface area contributed by atoms with Crippen LogP contribution in [0.4, 0.5) is 0 Å². The quantitative estimate of drug-likeness (QED) is 0.935. The van der Waals surface area contributed by atoms with Crippen LogP contribution in [-0.4, -0.2) is 16.1 Å². The molecule has 92 valence electrons. The number of carboxylic acid groups (broad SMARTS) is 1. The largest absolute Gasteiger partial charge is 0.481 e. The molecule has 1 saturated carbocycles. The summed E-state index contributed by atoms with van der Waals surface area (Å²) in [6.07, 6.45) is 0.721. The van der Waals surface area contributed by atoms with E-state index in [-0.39, 0.29) is 11.8 Å². The number of hydrogen-bond acceptors (Lipinski definition) is 3. The Kier molecular flexibility index (Phi) is 2.95. The van der Waals surface area contributed by atoms with Gasteiger partial charge in [0, 0.05) is 21.3 Å². The minimum absolute atomic E-state index is 0.114. The Morgan fingerprint density at radius 3 is 2.72 bits per heavy atom. The lowest BCUT2D eigenvalue weighted by atomic mass is 10.2. The minimum atomic E-state index is -0.710. The van der Waals surface area contributed by atoms with Crippen molar-refractivity contribution in [2.75, 3.05) is 0 Å². The maximum Gasteiger partial charge on any atom is 0.307 e. The number of halogens is 1. The molecule has 1 aliphatic carbocycles. The van der Waals surface area contributed by atoms with Crippen molar-refractivity contribution in [3.8, 4) is 10.6 Å². The van der Waals surface area contributed by atoms with E-state index in [9.17, 15) is 4.79 Å². The fourth-order valence-electron chi connectivity index (χ4n) is 1.98. The van der Waals surface area contributed by atoms with Crippen molar-refractivity contribution < 1.29 is 9.90 Å². The zero-order valence-electron chi connectivity index (χ0n) is 9.34. The van der Waals surface area contributed by atoms with Crippen molar-refractivity contribution >= 4 is 33.2 Å². The zero-order chi connectivity index (χ0) is 12.7. The van der Waals surface area contributed by atoms with Crippen molar-refractivity contribution in [3.63, 3.8) is 0 Å². The summed E-state index contributed by atoms with van der Waals surface area (Å²) >= 11 is 4.97. The Morgan fingerprint density at radius 2 is 2.11 bits per heavy atom. The molecule has 2 unspecified atom stereocenters. The first-order valence-corrected chi connectivity index (χ1v) is 7.26. The Labute approximate surface area is 117 Å². The van der Waals surface area contributed by atoms with E-state index < -0.39 is 5.97 Å². The van der Waals surface area contributed by atoms with Gasteiger partial charge in [-0.1, -0.05) is 28.1 Å². The summed E-state index contributed by atoms with van der Waals surface area (Å²) in [5, 5.41) is 11.8. The molecule has 3 nitrogen and oxygen atoms in total. The Hall–Kier alpha value is -1.20. The summed E-state index contributed by atoms with van der Waals surface area (Å²) in [4.78, 5) is 15.4. The smallest absolute Gasteiger partial charge is 0.307 e. The second-order valence-corrected chi connectivity index (χ2v) is 6.15. The van der Waals surface area contributed by atoms with Crippen molar-refractivity contribution in [3.05, 3.63) is 39.8 Å². The van der Waals surface area contributed by atoms with Gasteiger partial charge in [0.2, 0.25) is 0 Å². The number of carboxylic acids is 1. The predicted molar refractivity (Wildman–Crippen MR) is 73.7 cm³/mol. The number of hydrogen-bond donors (Lipinski definition) is 1. The number of aliphatic carboxylic acids is 1. The molecule has 1 N–H and O–H groups in total. The number of carbonyl (C=O) groups is 1. The van der Waals surface area contributed by atoms with Crippen molar-refractivity contribution in [2.24, 2.45) is 5.92 Å². The number of thiazole rings is 1. The third-order valence-corrected chi connectivity index (χ3v) is 4.54. The van der Waals surface area contributed by atoms with Gasteiger partial charge in [-0.2, -0.15) is 0 Å². The van der Waals surface area contributed by atoms with Crippen LogP contribution >= 0.6 is 27.3 Å². The van der Waals surface area contributed by atoms with Crippen molar-refractivity contribution in [1.82, 2.24) is 4.98 Å². The Morgan fingerprint density at radius 1 is 1.39 bits per heavy atom. The molecular formula is C13H10BrNO2S. The fourth-order valence-corrected chi connectivity index (χ4v) is 3.13. The first-order valence-electron chi connectivity index (χ1n) is 5.59. The summed E-state index contributed by atoms with van der Waals surface area (Å²) < 4.78 is 1.04. The Balaban J connectivity index is 1.82. The van der Waals surface area contributed by atoms with Crippen LogP contribution in [0.15, 0.2) is 34.1 Å². The monoisotopic (exact) mass is 323 g/mol. The van der Waals surface area contributed by atoms with Crippen LogP contribution in [0.1, 0.15) is 18.0 Å². The Bertz CT molecular complexity index is 593. The molecule has 0 aliphatic heterocycles. The molecule has 18 heavy (non-hydrogen) atoms. The van der Waals surface area contributed by atoms with Gasteiger partial charge in [0.05, 0.1) is 11.6 Å². The molecule has 1 aromatic heterocycles. The highest BCUT2D eigenvalue weighted by atomic mass is 79.9. The van der Waals surface area contributed by atoms with E-state index in [0.717, 1.165) is 27.2 Å². The highest BCUT2D eigenvalue weighted by Gasteiger charge is 2.45. The van der Waals surface area contributed by atoms with Gasteiger partial charge in [-0.3, -0.25) is 4.79 Å². The molecule has 0 spiro atoms. The maximum absolute atomic E-state index is 10.8. The highest BCUT2D eigenvalue weighted by Crippen LogP contribution is 2.48. The summed E-state index contributed by atoms with van der Waals surface area (Å²) in [5.74, 6) is -0.828. The SMILES string of the molecule is O=C(O)C1CC1c1csc(-c2ccc(Br)cc2)n1. The lowest BCUT2D eigenvalue weighted by molar-refractivity contribution is -0.138. The van der Waals surface area contributed by atoms with E-state index in [0.29, 0.717) is 0 Å². The number of rotatable bonds is 3. The first-order chi connectivity index (χ1) is 8.65. The molecule has 0 bridgehead atoms. The lowest BCUT2D eigenvalue weighted by Gasteiger charge is -1.96. The highest BCUT2D eigenvalue weighted by molar-refractivity contribution is 9.10. The van der Waals surface area contributed by atoms with Gasteiger partial charge < -0.3 is 5.11 Å². The summed E-state index contributed by atoms with van der Waals surface area (Å²) in [5.41, 5.74) is 1.99. The van der Waals surface area contributed by atoms with Gasteiger partial charge in [0.15, 0.2) is 0 Å². The molecule has 3 rings (SSSR count). The van der Waals surface area contributed by atoms with Crippen LogP contribution in [0.25, 0.3) is 10.6 Å². The normalized spacial score (nSPS) is 21.8. The molecule has 1 aliphatic rings. The second kappa shape index (κ2) is 4.48. The van der Waals surface area contributed by atoms with Crippen LogP contribution in [-0.2, 0) is 4.79 Å². The number of benzene rings is 1. The molecule has 5 heteroatoms. The van der Waals surface area contributed by atoms with Crippen LogP contribution < -0.4 is 0 Å². The minimum Gasteiger partial charge on any atom is -0.481 e. The topological polar surface area (TPSA) is 50.2 Å². The van der Waals surface area contributed by atoms with E-state index in [1.165, 1.54) is 0 Å². The number of nitrogens with zero attached hydrogens (tertiary/aromatic N) is 1. The second-order valence-electron chi connectivity index (χ2n) is 4.37. The molecule has 2 atom stereocenters. The van der Waals surface area contributed by atoms with Gasteiger partial charge in [0.1, 0.15) is 5.01 Å². The van der Waals surface area contributed by atoms with Gasteiger partial charge in [-0.05, 0) is 18.6 Å². The first kappa shape index (κ1) is 11.9. The average molecular weight is 324 g/mol. The molecule has 0 amide bonds. The summed E-state index contributed by atoms with van der Waals surface area (Å²) in [6.45, 7) is 0. The van der Waals surface area contributed by atoms with E-state index in [1.54, 1.807) is 11.3 Å². The summed E-state index contributed by atoms with van der Waals surface area (Å²) in [6, 6.07) is 7.98. The average Bonchev–Trinajstić information content (AvgIpc) is 3.02. The third kappa shape index (κ3) is 2.20. The third-order valence-electron chi connectivity index (χ3n) is 3.10. The molecule has 1 heterocycles. The van der Waals surface area contributed by atoms with E-state index in [4.69, 9.17) is 5.11 Å². The number of aromatic nitrogens is 1. The van der Waals surface area contributed by atoms with Crippen molar-refractivity contribution in [1.29, 1.82) is 0 Å². The van der Waals surface area contributed by atoms with Gasteiger partial charge in [-0.15, -0.1) is 11.3 Å². The van der Waals surface area contributed by atoms with Crippen molar-refractivity contribution in [2.45, 2.75) is 12.3 Å². The molecular weight excluding hydrogens is 314 g/mol. The predicted octanol–water partition coefficient (Wildman–Crippen LogP) is 3.76. The maximum atomic E-state index is 10.8. The fraction of sp³-hybridized carbons (Fsp3) is 0.231. The van der Waals surface area contributed by atoms with E-state index >= 15 is 0 Å². The molecule has 0 radical (unpaired) electrons. The van der Waals surface area contributed by atoms with Gasteiger partial charge >= 0.3 is 5.97 Å². The molecule has 1 aromatic carbocycles. The lowest BCUT2D eigenvalue weighted by Crippen LogP contribution is -1.98. The summed E-state index contributed by atoms with van der Waals surface area (Å²) in [7, 11) is 0. The molecule has 1 fully saturated rings. The van der Waals surface area contributed by atoms with Crippen LogP contribution in [0, 0.1) is 5.92 Å². The van der Waals surface area contributed by atoms with Gasteiger partial charge in [0.25, 0.3) is 0 Å². The van der Waals surface area contributed by atoms with Gasteiger partial charge in [-0.25, -0.2) is 4.98 Å². The van der Waals surface area contributed by atoms with Crippen LogP contribution in [0.3, 0.4) is 0 Å². The molecule has 0 saturated heterocycles.